The quantitative estimate of drug-likeness (QED) is 0.682. The van der Waals surface area contributed by atoms with E-state index in [0.717, 1.165) is 0 Å². The Morgan fingerprint density at radius 2 is 2.11 bits per heavy atom. The van der Waals surface area contributed by atoms with Crippen LogP contribution in [-0.2, 0) is 4.79 Å². The number of benzene rings is 1. The summed E-state index contributed by atoms with van der Waals surface area (Å²) in [6.45, 7) is 0. The second-order valence-corrected chi connectivity index (χ2v) is 4.07. The van der Waals surface area contributed by atoms with Crippen LogP contribution in [0.2, 0.25) is 0 Å². The van der Waals surface area contributed by atoms with E-state index in [4.69, 9.17) is 19.8 Å². The van der Waals surface area contributed by atoms with E-state index in [1.165, 1.54) is 20.3 Å². The molecule has 0 heterocycles. The Labute approximate surface area is 112 Å². The van der Waals surface area contributed by atoms with E-state index < -0.39 is 5.97 Å². The summed E-state index contributed by atoms with van der Waals surface area (Å²) >= 11 is 3.28. The minimum Gasteiger partial charge on any atom is -0.493 e. The topological polar surface area (TPSA) is 79.5 Å². The van der Waals surface area contributed by atoms with Crippen molar-refractivity contribution < 1.29 is 19.4 Å². The SMILES string of the molecule is COc1cc(C=C(C#N)C(=O)O)cc(Br)c1OC. The Morgan fingerprint density at radius 3 is 2.56 bits per heavy atom. The van der Waals surface area contributed by atoms with E-state index in [1.807, 2.05) is 0 Å². The monoisotopic (exact) mass is 311 g/mol. The number of halogens is 1. The molecule has 0 saturated heterocycles. The van der Waals surface area contributed by atoms with Crippen molar-refractivity contribution in [2.75, 3.05) is 14.2 Å². The molecule has 0 fully saturated rings. The zero-order chi connectivity index (χ0) is 13.7. The maximum absolute atomic E-state index is 10.7. The average molecular weight is 312 g/mol. The van der Waals surface area contributed by atoms with E-state index >= 15 is 0 Å². The van der Waals surface area contributed by atoms with Gasteiger partial charge in [0.1, 0.15) is 11.6 Å². The maximum Gasteiger partial charge on any atom is 0.346 e. The fourth-order valence-electron chi connectivity index (χ4n) is 1.33. The molecule has 1 N–H and O–H groups in total. The number of hydrogen-bond donors (Lipinski definition) is 1. The molecule has 18 heavy (non-hydrogen) atoms. The smallest absolute Gasteiger partial charge is 0.346 e. The first-order valence-electron chi connectivity index (χ1n) is 4.80. The van der Waals surface area contributed by atoms with E-state index in [1.54, 1.807) is 18.2 Å². The molecule has 1 rings (SSSR count). The van der Waals surface area contributed by atoms with Gasteiger partial charge in [-0.1, -0.05) is 0 Å². The molecular formula is C12H10BrNO4. The van der Waals surface area contributed by atoms with Gasteiger partial charge in [-0.05, 0) is 39.7 Å². The highest BCUT2D eigenvalue weighted by Crippen LogP contribution is 2.36. The van der Waals surface area contributed by atoms with E-state index in [-0.39, 0.29) is 5.57 Å². The molecule has 1 aromatic rings. The van der Waals surface area contributed by atoms with Crippen molar-refractivity contribution in [1.82, 2.24) is 0 Å². The fraction of sp³-hybridized carbons (Fsp3) is 0.167. The van der Waals surface area contributed by atoms with E-state index in [0.29, 0.717) is 21.5 Å². The van der Waals surface area contributed by atoms with Gasteiger partial charge in [-0.25, -0.2) is 4.79 Å². The lowest BCUT2D eigenvalue weighted by Crippen LogP contribution is -1.98. The summed E-state index contributed by atoms with van der Waals surface area (Å²) in [5, 5.41) is 17.5. The molecule has 0 atom stereocenters. The third-order valence-electron chi connectivity index (χ3n) is 2.12. The molecule has 0 amide bonds. The minimum absolute atomic E-state index is 0.353. The predicted octanol–water partition coefficient (Wildman–Crippen LogP) is 2.46. The van der Waals surface area contributed by atoms with Gasteiger partial charge in [0.15, 0.2) is 11.5 Å². The van der Waals surface area contributed by atoms with Gasteiger partial charge in [0, 0.05) is 0 Å². The number of aliphatic carboxylic acids is 1. The minimum atomic E-state index is -1.27. The van der Waals surface area contributed by atoms with Crippen LogP contribution in [0.25, 0.3) is 6.08 Å². The van der Waals surface area contributed by atoms with Gasteiger partial charge in [0.05, 0.1) is 18.7 Å². The molecule has 0 aromatic heterocycles. The second kappa shape index (κ2) is 6.07. The summed E-state index contributed by atoms with van der Waals surface area (Å²) in [6.07, 6.45) is 1.26. The van der Waals surface area contributed by atoms with E-state index in [2.05, 4.69) is 15.9 Å². The number of hydrogen-bond acceptors (Lipinski definition) is 4. The predicted molar refractivity (Wildman–Crippen MR) is 68.5 cm³/mol. The molecule has 0 unspecified atom stereocenters. The van der Waals surface area contributed by atoms with Crippen LogP contribution in [0.1, 0.15) is 5.56 Å². The standard InChI is InChI=1S/C12H10BrNO4/c1-17-10-5-7(3-8(6-14)12(15)16)4-9(13)11(10)18-2/h3-5H,1-2H3,(H,15,16). The second-order valence-electron chi connectivity index (χ2n) is 3.21. The van der Waals surface area contributed by atoms with Gasteiger partial charge in [0.25, 0.3) is 0 Å². The molecule has 0 aliphatic carbocycles. The van der Waals surface area contributed by atoms with Crippen molar-refractivity contribution in [2.24, 2.45) is 0 Å². The van der Waals surface area contributed by atoms with Crippen molar-refractivity contribution in [3.8, 4) is 17.6 Å². The zero-order valence-corrected chi connectivity index (χ0v) is 11.3. The van der Waals surface area contributed by atoms with Gasteiger partial charge in [-0.15, -0.1) is 0 Å². The summed E-state index contributed by atoms with van der Waals surface area (Å²) in [5.74, 6) is -0.326. The Hall–Kier alpha value is -2.00. The number of nitrogens with zero attached hydrogens (tertiary/aromatic N) is 1. The lowest BCUT2D eigenvalue weighted by Gasteiger charge is -2.10. The van der Waals surface area contributed by atoms with Crippen LogP contribution < -0.4 is 9.47 Å². The van der Waals surface area contributed by atoms with Gasteiger partial charge < -0.3 is 14.6 Å². The lowest BCUT2D eigenvalue weighted by molar-refractivity contribution is -0.132. The fourth-order valence-corrected chi connectivity index (χ4v) is 1.95. The normalized spacial score (nSPS) is 10.7. The summed E-state index contributed by atoms with van der Waals surface area (Å²) in [6, 6.07) is 4.84. The molecule has 0 radical (unpaired) electrons. The van der Waals surface area contributed by atoms with Crippen LogP contribution in [-0.4, -0.2) is 25.3 Å². The Kier molecular flexibility index (Phi) is 4.75. The van der Waals surface area contributed by atoms with Gasteiger partial charge in [0.2, 0.25) is 0 Å². The third kappa shape index (κ3) is 3.02. The first-order valence-corrected chi connectivity index (χ1v) is 5.59. The summed E-state index contributed by atoms with van der Waals surface area (Å²) in [4.78, 5) is 10.7. The van der Waals surface area contributed by atoms with Crippen LogP contribution in [0.5, 0.6) is 11.5 Å². The Balaban J connectivity index is 3.33. The molecule has 1 aromatic carbocycles. The van der Waals surface area contributed by atoms with Crippen molar-refractivity contribution in [2.45, 2.75) is 0 Å². The highest BCUT2D eigenvalue weighted by Gasteiger charge is 2.11. The van der Waals surface area contributed by atoms with Gasteiger partial charge >= 0.3 is 5.97 Å². The van der Waals surface area contributed by atoms with Crippen LogP contribution >= 0.6 is 15.9 Å². The van der Waals surface area contributed by atoms with Crippen LogP contribution in [0, 0.1) is 11.3 Å². The van der Waals surface area contributed by atoms with Crippen molar-refractivity contribution in [1.29, 1.82) is 5.26 Å². The molecular weight excluding hydrogens is 302 g/mol. The van der Waals surface area contributed by atoms with Gasteiger partial charge in [-0.3, -0.25) is 0 Å². The average Bonchev–Trinajstić information content (AvgIpc) is 2.34. The highest BCUT2D eigenvalue weighted by atomic mass is 79.9. The van der Waals surface area contributed by atoms with Crippen LogP contribution in [0.4, 0.5) is 0 Å². The van der Waals surface area contributed by atoms with Crippen molar-refractivity contribution in [3.05, 3.63) is 27.7 Å². The molecule has 6 heteroatoms. The number of carboxylic acid groups (broad SMARTS) is 1. The number of carboxylic acids is 1. The third-order valence-corrected chi connectivity index (χ3v) is 2.71. The summed E-state index contributed by atoms with van der Waals surface area (Å²) < 4.78 is 10.9. The highest BCUT2D eigenvalue weighted by molar-refractivity contribution is 9.10. The molecule has 0 saturated carbocycles. The molecule has 0 aliphatic rings. The maximum atomic E-state index is 10.7. The first-order chi connectivity index (χ1) is 8.53. The Bertz CT molecular complexity index is 546. The number of nitriles is 1. The van der Waals surface area contributed by atoms with Gasteiger partial charge in [-0.2, -0.15) is 5.26 Å². The van der Waals surface area contributed by atoms with E-state index in [9.17, 15) is 4.79 Å². The summed E-state index contributed by atoms with van der Waals surface area (Å²) in [5.41, 5.74) is 0.174. The Morgan fingerprint density at radius 1 is 1.44 bits per heavy atom. The number of rotatable bonds is 4. The molecule has 94 valence electrons. The van der Waals surface area contributed by atoms with Crippen molar-refractivity contribution >= 4 is 28.0 Å². The summed E-state index contributed by atoms with van der Waals surface area (Å²) in [7, 11) is 2.97. The van der Waals surface area contributed by atoms with Crippen molar-refractivity contribution in [3.63, 3.8) is 0 Å². The zero-order valence-electron chi connectivity index (χ0n) is 9.73. The lowest BCUT2D eigenvalue weighted by atomic mass is 10.1. The molecule has 0 bridgehead atoms. The largest absolute Gasteiger partial charge is 0.493 e. The number of methoxy groups -OCH3 is 2. The number of ether oxygens (including phenoxy) is 2. The first kappa shape index (κ1) is 14.1. The molecule has 0 spiro atoms. The number of carbonyl (C=O) groups is 1. The molecule has 5 nitrogen and oxygen atoms in total. The molecule has 0 aliphatic heterocycles. The van der Waals surface area contributed by atoms with Crippen LogP contribution in [0.15, 0.2) is 22.2 Å². The van der Waals surface area contributed by atoms with Crippen LogP contribution in [0.3, 0.4) is 0 Å².